The summed E-state index contributed by atoms with van der Waals surface area (Å²) in [6, 6.07) is 50.0. The van der Waals surface area contributed by atoms with E-state index in [4.69, 9.17) is 0 Å². The molecular formula is C41H28. The van der Waals surface area contributed by atoms with Gasteiger partial charge in [0, 0.05) is 5.41 Å². The zero-order valence-corrected chi connectivity index (χ0v) is 23.2. The lowest BCUT2D eigenvalue weighted by molar-refractivity contribution is 0.661. The number of rotatable bonds is 1. The van der Waals surface area contributed by atoms with Crippen LogP contribution in [0.4, 0.5) is 0 Å². The van der Waals surface area contributed by atoms with Gasteiger partial charge in [0.1, 0.15) is 0 Å². The highest BCUT2D eigenvalue weighted by Crippen LogP contribution is 2.50. The molecule has 1 aliphatic rings. The summed E-state index contributed by atoms with van der Waals surface area (Å²) in [5.41, 5.74) is 8.13. The van der Waals surface area contributed by atoms with Crippen molar-refractivity contribution < 1.29 is 0 Å². The highest BCUT2D eigenvalue weighted by Gasteiger charge is 2.35. The molecule has 0 heteroatoms. The number of benzene rings is 8. The van der Waals surface area contributed by atoms with Crippen LogP contribution >= 0.6 is 0 Å². The second-order valence-corrected chi connectivity index (χ2v) is 12.2. The Morgan fingerprint density at radius 3 is 1.80 bits per heavy atom. The normalized spacial score (nSPS) is 13.8. The Labute approximate surface area is 239 Å². The van der Waals surface area contributed by atoms with Crippen molar-refractivity contribution in [1.82, 2.24) is 0 Å². The molecule has 0 nitrogen and oxygen atoms in total. The van der Waals surface area contributed by atoms with Gasteiger partial charge >= 0.3 is 0 Å². The van der Waals surface area contributed by atoms with E-state index < -0.39 is 0 Å². The summed E-state index contributed by atoms with van der Waals surface area (Å²) in [5.74, 6) is 0. The van der Waals surface area contributed by atoms with Crippen LogP contribution in [0.2, 0.25) is 0 Å². The van der Waals surface area contributed by atoms with E-state index >= 15 is 0 Å². The van der Waals surface area contributed by atoms with Gasteiger partial charge in [0.15, 0.2) is 0 Å². The zero-order valence-electron chi connectivity index (χ0n) is 23.2. The lowest BCUT2D eigenvalue weighted by Gasteiger charge is -2.21. The molecule has 9 rings (SSSR count). The summed E-state index contributed by atoms with van der Waals surface area (Å²) in [5, 5.41) is 13.1. The topological polar surface area (TPSA) is 0 Å². The average molecular weight is 521 g/mol. The standard InChI is InChI=1S/C41H28/c1-41(2)39-10-6-5-9-35(39)38-24-37-30(23-40(38)41)17-20-33-34(37)19-15-26-11-13-28(22-36(26)33)27-16-18-32-29(21-27)14-12-25-7-3-4-8-31(25)32/h3-24H,1-2H3. The molecule has 0 spiro atoms. The van der Waals surface area contributed by atoms with E-state index in [2.05, 4.69) is 147 Å². The molecule has 0 bridgehead atoms. The van der Waals surface area contributed by atoms with Gasteiger partial charge in [0.05, 0.1) is 0 Å². The number of fused-ring (bicyclic) bond motifs is 11. The van der Waals surface area contributed by atoms with Crippen LogP contribution < -0.4 is 0 Å². The molecule has 0 aliphatic heterocycles. The molecule has 0 amide bonds. The number of hydrogen-bond acceptors (Lipinski definition) is 0. The molecule has 0 fully saturated rings. The van der Waals surface area contributed by atoms with Crippen LogP contribution in [0.15, 0.2) is 133 Å². The molecule has 8 aromatic rings. The lowest BCUT2D eigenvalue weighted by atomic mass is 9.81. The van der Waals surface area contributed by atoms with Gasteiger partial charge in [-0.25, -0.2) is 0 Å². The van der Waals surface area contributed by atoms with Gasteiger partial charge in [-0.1, -0.05) is 123 Å². The second-order valence-electron chi connectivity index (χ2n) is 12.2. The minimum atomic E-state index is 0.0134. The first-order valence-corrected chi connectivity index (χ1v) is 14.5. The Kier molecular flexibility index (Phi) is 4.49. The Balaban J connectivity index is 1.25. The van der Waals surface area contributed by atoms with Crippen LogP contribution in [0, 0.1) is 0 Å². The van der Waals surface area contributed by atoms with Crippen molar-refractivity contribution >= 4 is 53.9 Å². The van der Waals surface area contributed by atoms with Gasteiger partial charge < -0.3 is 0 Å². The van der Waals surface area contributed by atoms with Crippen molar-refractivity contribution in [3.8, 4) is 22.3 Å². The maximum absolute atomic E-state index is 2.45. The van der Waals surface area contributed by atoms with Gasteiger partial charge in [-0.2, -0.15) is 0 Å². The molecule has 0 unspecified atom stereocenters. The molecule has 0 aromatic heterocycles. The van der Waals surface area contributed by atoms with Gasteiger partial charge in [-0.05, 0) is 112 Å². The predicted octanol–water partition coefficient (Wildman–Crippen LogP) is 11.4. The first kappa shape index (κ1) is 22.8. The molecule has 0 heterocycles. The molecule has 1 aliphatic carbocycles. The minimum Gasteiger partial charge on any atom is -0.0619 e. The molecule has 8 aromatic carbocycles. The molecule has 0 atom stereocenters. The van der Waals surface area contributed by atoms with Gasteiger partial charge in [0.25, 0.3) is 0 Å². The maximum Gasteiger partial charge on any atom is 0.0159 e. The van der Waals surface area contributed by atoms with Crippen molar-refractivity contribution in [2.75, 3.05) is 0 Å². The third-order valence-corrected chi connectivity index (χ3v) is 9.61. The van der Waals surface area contributed by atoms with Crippen LogP contribution in [0.1, 0.15) is 25.0 Å². The maximum atomic E-state index is 2.45. The van der Waals surface area contributed by atoms with Gasteiger partial charge in [-0.3, -0.25) is 0 Å². The van der Waals surface area contributed by atoms with E-state index in [-0.39, 0.29) is 5.41 Å². The minimum absolute atomic E-state index is 0.0134. The van der Waals surface area contributed by atoms with Crippen LogP contribution in [0.3, 0.4) is 0 Å². The SMILES string of the molecule is CC1(C)c2ccccc2-c2cc3c(ccc4c5cc(-c6ccc7c(ccc8ccccc87)c6)ccc5ccc34)cc21. The summed E-state index contributed by atoms with van der Waals surface area (Å²) < 4.78 is 0. The third kappa shape index (κ3) is 3.16. The average Bonchev–Trinajstić information content (AvgIpc) is 3.24. The Morgan fingerprint density at radius 2 is 0.902 bits per heavy atom. The number of hydrogen-bond donors (Lipinski definition) is 0. The molecule has 41 heavy (non-hydrogen) atoms. The Morgan fingerprint density at radius 1 is 0.341 bits per heavy atom. The van der Waals surface area contributed by atoms with Crippen molar-refractivity contribution in [2.45, 2.75) is 19.3 Å². The van der Waals surface area contributed by atoms with E-state index in [1.807, 2.05) is 0 Å². The van der Waals surface area contributed by atoms with Gasteiger partial charge in [-0.15, -0.1) is 0 Å². The highest BCUT2D eigenvalue weighted by molar-refractivity contribution is 6.19. The largest absolute Gasteiger partial charge is 0.0619 e. The molecule has 0 saturated carbocycles. The molecule has 0 radical (unpaired) electrons. The van der Waals surface area contributed by atoms with Crippen LogP contribution in [-0.4, -0.2) is 0 Å². The summed E-state index contributed by atoms with van der Waals surface area (Å²) in [6.45, 7) is 4.71. The monoisotopic (exact) mass is 520 g/mol. The van der Waals surface area contributed by atoms with E-state index in [1.54, 1.807) is 0 Å². The van der Waals surface area contributed by atoms with E-state index in [0.717, 1.165) is 0 Å². The smallest absolute Gasteiger partial charge is 0.0159 e. The zero-order chi connectivity index (χ0) is 27.3. The molecule has 0 saturated heterocycles. The quantitative estimate of drug-likeness (QED) is 0.189. The first-order valence-electron chi connectivity index (χ1n) is 14.5. The predicted molar refractivity (Wildman–Crippen MR) is 177 cm³/mol. The van der Waals surface area contributed by atoms with E-state index in [1.165, 1.54) is 87.2 Å². The van der Waals surface area contributed by atoms with Crippen molar-refractivity contribution in [3.05, 3.63) is 145 Å². The summed E-state index contributed by atoms with van der Waals surface area (Å²) in [4.78, 5) is 0. The summed E-state index contributed by atoms with van der Waals surface area (Å²) >= 11 is 0. The summed E-state index contributed by atoms with van der Waals surface area (Å²) in [7, 11) is 0. The van der Waals surface area contributed by atoms with Gasteiger partial charge in [0.2, 0.25) is 0 Å². The van der Waals surface area contributed by atoms with E-state index in [9.17, 15) is 0 Å². The van der Waals surface area contributed by atoms with Crippen molar-refractivity contribution in [3.63, 3.8) is 0 Å². The molecule has 192 valence electrons. The fraction of sp³-hybridized carbons (Fsp3) is 0.0732. The van der Waals surface area contributed by atoms with Crippen molar-refractivity contribution in [1.29, 1.82) is 0 Å². The fourth-order valence-corrected chi connectivity index (χ4v) is 7.44. The lowest BCUT2D eigenvalue weighted by Crippen LogP contribution is -2.14. The van der Waals surface area contributed by atoms with Crippen LogP contribution in [-0.2, 0) is 5.41 Å². The summed E-state index contributed by atoms with van der Waals surface area (Å²) in [6.07, 6.45) is 0. The molecular weight excluding hydrogens is 492 g/mol. The first-order chi connectivity index (χ1) is 20.1. The van der Waals surface area contributed by atoms with Crippen molar-refractivity contribution in [2.24, 2.45) is 0 Å². The second kappa shape index (κ2) is 8.05. The van der Waals surface area contributed by atoms with Crippen LogP contribution in [0.25, 0.3) is 76.1 Å². The Bertz CT molecular complexity index is 2390. The van der Waals surface area contributed by atoms with E-state index in [0.29, 0.717) is 0 Å². The van der Waals surface area contributed by atoms with Crippen LogP contribution in [0.5, 0.6) is 0 Å². The highest BCUT2D eigenvalue weighted by atomic mass is 14.4. The Hall–Kier alpha value is -4.94. The molecule has 0 N–H and O–H groups in total. The fourth-order valence-electron chi connectivity index (χ4n) is 7.44. The third-order valence-electron chi connectivity index (χ3n) is 9.61.